The Hall–Kier alpha value is -1.52. The van der Waals surface area contributed by atoms with Gasteiger partial charge in [-0.3, -0.25) is 4.68 Å². The van der Waals surface area contributed by atoms with E-state index in [2.05, 4.69) is 29.6 Å². The van der Waals surface area contributed by atoms with Gasteiger partial charge in [-0.25, -0.2) is 4.79 Å². The van der Waals surface area contributed by atoms with Gasteiger partial charge >= 0.3 is 6.03 Å². The molecule has 2 N–H and O–H groups in total. The first-order valence-corrected chi connectivity index (χ1v) is 6.42. The number of hydrogen-bond acceptors (Lipinski definition) is 2. The van der Waals surface area contributed by atoms with Gasteiger partial charge in [-0.1, -0.05) is 13.8 Å². The van der Waals surface area contributed by atoms with Crippen LogP contribution in [0.5, 0.6) is 0 Å². The third-order valence-electron chi connectivity index (χ3n) is 3.09. The lowest BCUT2D eigenvalue weighted by Crippen LogP contribution is -2.36. The quantitative estimate of drug-likeness (QED) is 0.840. The predicted octanol–water partition coefficient (Wildman–Crippen LogP) is 1.88. The summed E-state index contributed by atoms with van der Waals surface area (Å²) in [6.07, 6.45) is 0.998. The molecule has 0 aliphatic carbocycles. The minimum atomic E-state index is -0.113. The maximum Gasteiger partial charge on any atom is 0.315 e. The van der Waals surface area contributed by atoms with Crippen molar-refractivity contribution in [2.75, 3.05) is 6.54 Å². The summed E-state index contributed by atoms with van der Waals surface area (Å²) >= 11 is 0. The molecule has 0 unspecified atom stereocenters. The smallest absolute Gasteiger partial charge is 0.315 e. The molecule has 0 aliphatic rings. The van der Waals surface area contributed by atoms with Crippen molar-refractivity contribution >= 4 is 6.03 Å². The molecule has 0 saturated carbocycles. The summed E-state index contributed by atoms with van der Waals surface area (Å²) in [6.45, 7) is 9.49. The van der Waals surface area contributed by atoms with Crippen LogP contribution >= 0.6 is 0 Å². The van der Waals surface area contributed by atoms with Crippen LogP contribution in [0.2, 0.25) is 0 Å². The maximum absolute atomic E-state index is 11.6. The third-order valence-corrected chi connectivity index (χ3v) is 3.09. The largest absolute Gasteiger partial charge is 0.338 e. The number of hydrogen-bond donors (Lipinski definition) is 2. The standard InChI is InChI=1S/C13H24N4O/c1-9(2)6-7-14-13(18)15-8-12-10(3)16-17(5)11(12)4/h9H,6-8H2,1-5H3,(H2,14,15,18). The predicted molar refractivity (Wildman–Crippen MR) is 72.4 cm³/mol. The second-order valence-electron chi connectivity index (χ2n) is 5.06. The summed E-state index contributed by atoms with van der Waals surface area (Å²) < 4.78 is 1.84. The molecule has 0 fully saturated rings. The molecule has 0 saturated heterocycles. The Bertz CT molecular complexity index is 409. The van der Waals surface area contributed by atoms with E-state index >= 15 is 0 Å². The molecule has 0 radical (unpaired) electrons. The van der Waals surface area contributed by atoms with E-state index in [1.54, 1.807) is 0 Å². The highest BCUT2D eigenvalue weighted by atomic mass is 16.2. The van der Waals surface area contributed by atoms with Crippen molar-refractivity contribution in [1.29, 1.82) is 0 Å². The number of carbonyl (C=O) groups excluding carboxylic acids is 1. The van der Waals surface area contributed by atoms with Gasteiger partial charge in [-0.15, -0.1) is 0 Å². The topological polar surface area (TPSA) is 59.0 Å². The molecule has 0 bridgehead atoms. The van der Waals surface area contributed by atoms with Gasteiger partial charge in [-0.2, -0.15) is 5.10 Å². The molecule has 102 valence electrons. The number of nitrogens with one attached hydrogen (secondary N) is 2. The van der Waals surface area contributed by atoms with E-state index in [0.717, 1.165) is 23.4 Å². The van der Waals surface area contributed by atoms with Gasteiger partial charge in [0.1, 0.15) is 0 Å². The number of aryl methyl sites for hydroxylation is 2. The molecular weight excluding hydrogens is 228 g/mol. The van der Waals surface area contributed by atoms with Crippen molar-refractivity contribution < 1.29 is 4.79 Å². The Morgan fingerprint density at radius 2 is 2.00 bits per heavy atom. The van der Waals surface area contributed by atoms with Gasteiger partial charge in [0, 0.05) is 31.4 Å². The van der Waals surface area contributed by atoms with Crippen LogP contribution in [0.3, 0.4) is 0 Å². The molecule has 18 heavy (non-hydrogen) atoms. The minimum Gasteiger partial charge on any atom is -0.338 e. The zero-order chi connectivity index (χ0) is 13.7. The fourth-order valence-corrected chi connectivity index (χ4v) is 1.78. The average molecular weight is 252 g/mol. The van der Waals surface area contributed by atoms with Crippen LogP contribution in [0.25, 0.3) is 0 Å². The first-order chi connectivity index (χ1) is 8.41. The highest BCUT2D eigenvalue weighted by Crippen LogP contribution is 2.10. The Morgan fingerprint density at radius 1 is 1.33 bits per heavy atom. The number of rotatable bonds is 5. The molecule has 0 aliphatic heterocycles. The van der Waals surface area contributed by atoms with Gasteiger partial charge < -0.3 is 10.6 Å². The van der Waals surface area contributed by atoms with Crippen LogP contribution in [-0.4, -0.2) is 22.4 Å². The van der Waals surface area contributed by atoms with Crippen LogP contribution in [0.15, 0.2) is 0 Å². The van der Waals surface area contributed by atoms with Crippen LogP contribution in [0.4, 0.5) is 4.79 Å². The van der Waals surface area contributed by atoms with Crippen molar-refractivity contribution in [2.45, 2.75) is 40.7 Å². The van der Waals surface area contributed by atoms with Crippen LogP contribution in [-0.2, 0) is 13.6 Å². The van der Waals surface area contributed by atoms with Crippen LogP contribution in [0, 0.1) is 19.8 Å². The van der Waals surface area contributed by atoms with Crippen molar-refractivity contribution in [3.8, 4) is 0 Å². The number of carbonyl (C=O) groups is 1. The number of urea groups is 1. The summed E-state index contributed by atoms with van der Waals surface area (Å²) in [5.74, 6) is 0.605. The van der Waals surface area contributed by atoms with E-state index in [4.69, 9.17) is 0 Å². The van der Waals surface area contributed by atoms with Crippen molar-refractivity contribution in [1.82, 2.24) is 20.4 Å². The Labute approximate surface area is 109 Å². The zero-order valence-corrected chi connectivity index (χ0v) is 12.0. The summed E-state index contributed by atoms with van der Waals surface area (Å²) in [4.78, 5) is 11.6. The first-order valence-electron chi connectivity index (χ1n) is 6.42. The van der Waals surface area contributed by atoms with E-state index in [-0.39, 0.29) is 6.03 Å². The molecule has 2 amide bonds. The Kier molecular flexibility index (Phi) is 5.19. The second kappa shape index (κ2) is 6.42. The Morgan fingerprint density at radius 3 is 2.50 bits per heavy atom. The van der Waals surface area contributed by atoms with Gasteiger partial charge in [0.2, 0.25) is 0 Å². The minimum absolute atomic E-state index is 0.113. The molecule has 1 aromatic heterocycles. The molecule has 1 heterocycles. The summed E-state index contributed by atoms with van der Waals surface area (Å²) in [5, 5.41) is 10.0. The molecule has 1 aromatic rings. The number of amides is 2. The summed E-state index contributed by atoms with van der Waals surface area (Å²) in [6, 6.07) is -0.113. The fraction of sp³-hybridized carbons (Fsp3) is 0.692. The summed E-state index contributed by atoms with van der Waals surface area (Å²) in [5.41, 5.74) is 3.16. The molecule has 0 aromatic carbocycles. The first kappa shape index (κ1) is 14.5. The van der Waals surface area contributed by atoms with Crippen molar-refractivity contribution in [3.63, 3.8) is 0 Å². The maximum atomic E-state index is 11.6. The van der Waals surface area contributed by atoms with E-state index in [9.17, 15) is 4.79 Å². The SMILES string of the molecule is Cc1nn(C)c(C)c1CNC(=O)NCCC(C)C. The molecule has 5 nitrogen and oxygen atoms in total. The van der Waals surface area contributed by atoms with Gasteiger partial charge in [-0.05, 0) is 26.2 Å². The lowest BCUT2D eigenvalue weighted by molar-refractivity contribution is 0.240. The molecule has 5 heteroatoms. The lowest BCUT2D eigenvalue weighted by Gasteiger charge is -2.09. The van der Waals surface area contributed by atoms with Crippen LogP contribution in [0.1, 0.15) is 37.2 Å². The number of aromatic nitrogens is 2. The van der Waals surface area contributed by atoms with E-state index < -0.39 is 0 Å². The molecule has 0 spiro atoms. The Balaban J connectivity index is 2.38. The third kappa shape index (κ3) is 4.05. The molecule has 0 atom stereocenters. The second-order valence-corrected chi connectivity index (χ2v) is 5.06. The highest BCUT2D eigenvalue weighted by Gasteiger charge is 2.10. The van der Waals surface area contributed by atoms with Gasteiger partial charge in [0.15, 0.2) is 0 Å². The van der Waals surface area contributed by atoms with Crippen molar-refractivity contribution in [3.05, 3.63) is 17.0 Å². The highest BCUT2D eigenvalue weighted by molar-refractivity contribution is 5.73. The van der Waals surface area contributed by atoms with Crippen molar-refractivity contribution in [2.24, 2.45) is 13.0 Å². The lowest BCUT2D eigenvalue weighted by atomic mass is 10.1. The molecule has 1 rings (SSSR count). The monoisotopic (exact) mass is 252 g/mol. The number of nitrogens with zero attached hydrogens (tertiary/aromatic N) is 2. The molecular formula is C13H24N4O. The van der Waals surface area contributed by atoms with Gasteiger partial charge in [0.25, 0.3) is 0 Å². The van der Waals surface area contributed by atoms with Crippen LogP contribution < -0.4 is 10.6 Å². The normalized spacial score (nSPS) is 10.8. The van der Waals surface area contributed by atoms with E-state index in [1.807, 2.05) is 25.6 Å². The fourth-order valence-electron chi connectivity index (χ4n) is 1.78. The van der Waals surface area contributed by atoms with Gasteiger partial charge in [0.05, 0.1) is 5.69 Å². The van der Waals surface area contributed by atoms with E-state index in [0.29, 0.717) is 19.0 Å². The zero-order valence-electron chi connectivity index (χ0n) is 12.0. The summed E-state index contributed by atoms with van der Waals surface area (Å²) in [7, 11) is 1.91. The average Bonchev–Trinajstić information content (AvgIpc) is 2.50. The van der Waals surface area contributed by atoms with E-state index in [1.165, 1.54) is 0 Å².